The largest absolute Gasteiger partial charge is 0.619 e. The number of nitrogens with two attached hydrogens (primary N) is 1. The Balaban J connectivity index is 1.89. The number of aryl methyl sites for hydroxylation is 1. The lowest BCUT2D eigenvalue weighted by Crippen LogP contribution is -2.24. The zero-order valence-corrected chi connectivity index (χ0v) is 16.1. The number of aromatic nitrogens is 3. The Labute approximate surface area is 162 Å². The molecule has 2 N–H and O–H groups in total. The van der Waals surface area contributed by atoms with Crippen LogP contribution < -0.4 is 9.87 Å². The van der Waals surface area contributed by atoms with Gasteiger partial charge >= 0.3 is 5.97 Å². The molecule has 1 aromatic carbocycles. The molecule has 0 aliphatic carbocycles. The van der Waals surface area contributed by atoms with Crippen molar-refractivity contribution in [1.82, 2.24) is 9.55 Å². The second kappa shape index (κ2) is 7.95. The third-order valence-electron chi connectivity index (χ3n) is 4.23. The first-order valence-electron chi connectivity index (χ1n) is 8.67. The summed E-state index contributed by atoms with van der Waals surface area (Å²) >= 11 is 0. The lowest BCUT2D eigenvalue weighted by atomic mass is 10.3. The van der Waals surface area contributed by atoms with Crippen molar-refractivity contribution in [3.05, 3.63) is 59.3 Å². The fraction of sp³-hybridized carbons (Fsp3) is 0.278. The van der Waals surface area contributed by atoms with Crippen LogP contribution in [-0.2, 0) is 27.9 Å². The van der Waals surface area contributed by atoms with Crippen molar-refractivity contribution in [2.45, 2.75) is 37.8 Å². The van der Waals surface area contributed by atoms with Crippen molar-refractivity contribution in [3.63, 3.8) is 0 Å². The molecule has 10 heteroatoms. The number of carbonyl (C=O) groups excluding carboxylic acids is 1. The zero-order chi connectivity index (χ0) is 20.3. The van der Waals surface area contributed by atoms with Crippen LogP contribution in [-0.4, -0.2) is 23.9 Å². The highest BCUT2D eigenvalue weighted by molar-refractivity contribution is 7.89. The number of nitrogens with zero attached hydrogens (tertiary/aromatic N) is 3. The van der Waals surface area contributed by atoms with Gasteiger partial charge in [-0.2, -0.15) is 4.73 Å². The van der Waals surface area contributed by atoms with Gasteiger partial charge in [0.25, 0.3) is 0 Å². The van der Waals surface area contributed by atoms with E-state index in [0.717, 1.165) is 18.4 Å². The van der Waals surface area contributed by atoms with E-state index in [1.807, 2.05) is 4.57 Å². The summed E-state index contributed by atoms with van der Waals surface area (Å²) in [6, 6.07) is 7.22. The number of carbonyl (C=O) groups is 1. The summed E-state index contributed by atoms with van der Waals surface area (Å²) in [5.74, 6) is -0.0851. The molecular formula is C18H20N4O5S. The van der Waals surface area contributed by atoms with Crippen LogP contribution in [0, 0.1) is 5.21 Å². The maximum Gasteiger partial charge on any atom is 0.339 e. The third kappa shape index (κ3) is 4.29. The van der Waals surface area contributed by atoms with Crippen molar-refractivity contribution in [1.29, 1.82) is 0 Å². The van der Waals surface area contributed by atoms with E-state index in [1.165, 1.54) is 36.7 Å². The number of hydrogen-bond donors (Lipinski definition) is 1. The quantitative estimate of drug-likeness (QED) is 0.360. The van der Waals surface area contributed by atoms with Crippen molar-refractivity contribution >= 4 is 27.0 Å². The molecule has 2 aromatic heterocycles. The number of rotatable bonds is 7. The maximum absolute atomic E-state index is 12.2. The first-order valence-corrected chi connectivity index (χ1v) is 10.2. The van der Waals surface area contributed by atoms with E-state index in [1.54, 1.807) is 6.07 Å². The van der Waals surface area contributed by atoms with Crippen molar-refractivity contribution in [3.8, 4) is 0 Å². The van der Waals surface area contributed by atoms with Crippen molar-refractivity contribution in [2.75, 3.05) is 0 Å². The molecule has 0 fully saturated rings. The Morgan fingerprint density at radius 3 is 2.64 bits per heavy atom. The zero-order valence-electron chi connectivity index (χ0n) is 15.2. The molecule has 148 valence electrons. The van der Waals surface area contributed by atoms with Crippen LogP contribution >= 0.6 is 0 Å². The smallest absolute Gasteiger partial charge is 0.339 e. The van der Waals surface area contributed by atoms with Gasteiger partial charge in [0.05, 0.1) is 21.5 Å². The van der Waals surface area contributed by atoms with Gasteiger partial charge in [0, 0.05) is 18.7 Å². The van der Waals surface area contributed by atoms with Gasteiger partial charge in [-0.1, -0.05) is 13.3 Å². The van der Waals surface area contributed by atoms with Crippen LogP contribution in [0.1, 0.15) is 35.9 Å². The highest BCUT2D eigenvalue weighted by Crippen LogP contribution is 2.21. The highest BCUT2D eigenvalue weighted by atomic mass is 32.2. The van der Waals surface area contributed by atoms with Gasteiger partial charge in [-0.15, -0.1) is 0 Å². The van der Waals surface area contributed by atoms with Gasteiger partial charge in [-0.3, -0.25) is 0 Å². The molecule has 3 aromatic rings. The Hall–Kier alpha value is -2.98. The summed E-state index contributed by atoms with van der Waals surface area (Å²) < 4.78 is 31.0. The number of fused-ring (bicyclic) bond motifs is 1. The standard InChI is InChI=1S/C18H20N4O5S/c1-2-3-8-22-16-5-4-14(28(19,25)26)11-15(16)20-17(22)12-27-18(23)13-6-9-21(24)10-7-13/h4-7,9-11H,2-3,8,12H2,1H3,(H2,19,25,26). The summed E-state index contributed by atoms with van der Waals surface area (Å²) in [5, 5.41) is 16.3. The molecule has 0 unspecified atom stereocenters. The minimum atomic E-state index is -3.84. The third-order valence-corrected chi connectivity index (χ3v) is 5.14. The van der Waals surface area contributed by atoms with Gasteiger partial charge in [-0.05, 0) is 24.6 Å². The number of esters is 1. The molecule has 0 saturated heterocycles. The Bertz CT molecular complexity index is 1110. The van der Waals surface area contributed by atoms with Gasteiger partial charge in [0.15, 0.2) is 12.4 Å². The van der Waals surface area contributed by atoms with Crippen molar-refractivity contribution in [2.24, 2.45) is 5.14 Å². The van der Waals surface area contributed by atoms with Gasteiger partial charge in [0.1, 0.15) is 12.4 Å². The second-order valence-corrected chi connectivity index (χ2v) is 7.81. The minimum absolute atomic E-state index is 0.0288. The fourth-order valence-corrected chi connectivity index (χ4v) is 3.31. The van der Waals surface area contributed by atoms with Crippen LogP contribution in [0.4, 0.5) is 0 Å². The summed E-state index contributed by atoms with van der Waals surface area (Å²) in [7, 11) is -3.84. The Morgan fingerprint density at radius 1 is 1.29 bits per heavy atom. The molecule has 0 saturated carbocycles. The first kappa shape index (κ1) is 19.8. The fourth-order valence-electron chi connectivity index (χ4n) is 2.77. The summed E-state index contributed by atoms with van der Waals surface area (Å²) in [5.41, 5.74) is 1.44. The number of primary sulfonamides is 1. The van der Waals surface area contributed by atoms with Crippen molar-refractivity contribution < 1.29 is 22.7 Å². The molecule has 0 bridgehead atoms. The van der Waals surface area contributed by atoms with E-state index in [0.29, 0.717) is 22.6 Å². The number of pyridine rings is 1. The average Bonchev–Trinajstić information content (AvgIpc) is 3.01. The van der Waals surface area contributed by atoms with Crippen LogP contribution in [0.2, 0.25) is 0 Å². The number of unbranched alkanes of at least 4 members (excludes halogenated alkanes) is 1. The molecule has 28 heavy (non-hydrogen) atoms. The van der Waals surface area contributed by atoms with E-state index in [9.17, 15) is 18.4 Å². The number of ether oxygens (including phenoxy) is 1. The minimum Gasteiger partial charge on any atom is -0.619 e. The second-order valence-electron chi connectivity index (χ2n) is 6.25. The molecule has 0 aliphatic rings. The van der Waals surface area contributed by atoms with E-state index in [-0.39, 0.29) is 17.1 Å². The predicted molar refractivity (Wildman–Crippen MR) is 101 cm³/mol. The topological polar surface area (TPSA) is 131 Å². The average molecular weight is 404 g/mol. The van der Waals surface area contributed by atoms with E-state index < -0.39 is 16.0 Å². The molecule has 0 aliphatic heterocycles. The molecule has 0 spiro atoms. The SMILES string of the molecule is CCCCn1c(COC(=O)c2cc[n+]([O-])cc2)nc2cc(S(N)(=O)=O)ccc21. The van der Waals surface area contributed by atoms with Gasteiger partial charge < -0.3 is 14.5 Å². The normalized spacial score (nSPS) is 11.6. The number of benzene rings is 1. The highest BCUT2D eigenvalue weighted by Gasteiger charge is 2.16. The van der Waals surface area contributed by atoms with E-state index in [4.69, 9.17) is 9.88 Å². The van der Waals surface area contributed by atoms with Crippen LogP contribution in [0.25, 0.3) is 11.0 Å². The predicted octanol–water partition coefficient (Wildman–Crippen LogP) is 1.47. The lowest BCUT2D eigenvalue weighted by molar-refractivity contribution is -0.605. The van der Waals surface area contributed by atoms with Crippen LogP contribution in [0.5, 0.6) is 0 Å². The Morgan fingerprint density at radius 2 is 2.00 bits per heavy atom. The molecule has 2 heterocycles. The summed E-state index contributed by atoms with van der Waals surface area (Å²) in [6.45, 7) is 2.61. The number of sulfonamides is 1. The molecular weight excluding hydrogens is 384 g/mol. The monoisotopic (exact) mass is 404 g/mol. The number of hydrogen-bond acceptors (Lipinski definition) is 6. The molecule has 3 rings (SSSR count). The van der Waals surface area contributed by atoms with Crippen LogP contribution in [0.15, 0.2) is 47.6 Å². The number of imidazole rings is 1. The van der Waals surface area contributed by atoms with E-state index in [2.05, 4.69) is 11.9 Å². The van der Waals surface area contributed by atoms with Gasteiger partial charge in [0.2, 0.25) is 10.0 Å². The Kier molecular flexibility index (Phi) is 5.61. The van der Waals surface area contributed by atoms with Gasteiger partial charge in [-0.25, -0.2) is 23.3 Å². The molecule has 0 amide bonds. The lowest BCUT2D eigenvalue weighted by Gasteiger charge is -2.09. The molecule has 0 atom stereocenters. The maximum atomic E-state index is 12.2. The summed E-state index contributed by atoms with van der Waals surface area (Å²) in [6.07, 6.45) is 4.25. The molecule has 0 radical (unpaired) electrons. The summed E-state index contributed by atoms with van der Waals surface area (Å²) in [4.78, 5) is 16.6. The van der Waals surface area contributed by atoms with Crippen LogP contribution in [0.3, 0.4) is 0 Å². The molecule has 9 nitrogen and oxygen atoms in total. The van der Waals surface area contributed by atoms with E-state index >= 15 is 0 Å². The first-order chi connectivity index (χ1) is 13.3.